The minimum absolute atomic E-state index is 0.121. The van der Waals surface area contributed by atoms with Gasteiger partial charge in [0, 0.05) is 61.6 Å². The van der Waals surface area contributed by atoms with Crippen LogP contribution >= 0.6 is 0 Å². The molecule has 2 aliphatic rings. The molecule has 0 N–H and O–H groups in total. The molecule has 3 heteroatoms. The predicted octanol–water partition coefficient (Wildman–Crippen LogP) is 14.8. The summed E-state index contributed by atoms with van der Waals surface area (Å²) in [5.41, 5.74) is 19.9. The highest BCUT2D eigenvalue weighted by molar-refractivity contribution is 6.14. The molecule has 3 nitrogen and oxygen atoms in total. The van der Waals surface area contributed by atoms with Crippen molar-refractivity contribution in [2.45, 2.75) is 38.5 Å². The Hall–Kier alpha value is -7.10. The fourth-order valence-corrected chi connectivity index (χ4v) is 10.6. The van der Waals surface area contributed by atoms with Crippen LogP contribution in [0.25, 0.3) is 66.3 Å². The van der Waals surface area contributed by atoms with E-state index < -0.39 is 0 Å². The molecule has 2 heterocycles. The molecule has 2 aliphatic carbocycles. The molecule has 8 aromatic carbocycles. The number of hydrogen-bond acceptors (Lipinski definition) is 1. The summed E-state index contributed by atoms with van der Waals surface area (Å²) in [4.78, 5) is 2.49. The van der Waals surface area contributed by atoms with Crippen molar-refractivity contribution in [1.82, 2.24) is 9.13 Å². The lowest BCUT2D eigenvalue weighted by Crippen LogP contribution is -2.18. The molecule has 0 bridgehead atoms. The molecule has 0 radical (unpaired) electrons. The molecule has 59 heavy (non-hydrogen) atoms. The molecule has 0 atom stereocenters. The van der Waals surface area contributed by atoms with Gasteiger partial charge in [0.05, 0.1) is 16.6 Å². The Balaban J connectivity index is 1.11. The second-order valence-corrected chi connectivity index (χ2v) is 17.5. The van der Waals surface area contributed by atoms with Crippen LogP contribution in [-0.4, -0.2) is 9.13 Å². The lowest BCUT2D eigenvalue weighted by Gasteiger charge is -2.30. The van der Waals surface area contributed by atoms with Gasteiger partial charge in [0.25, 0.3) is 0 Å². The van der Waals surface area contributed by atoms with Crippen LogP contribution in [0.4, 0.5) is 17.1 Å². The molecule has 12 rings (SSSR count). The van der Waals surface area contributed by atoms with Crippen molar-refractivity contribution in [2.75, 3.05) is 4.90 Å². The minimum atomic E-state index is -0.121. The maximum absolute atomic E-state index is 2.49. The van der Waals surface area contributed by atoms with Crippen LogP contribution in [0.3, 0.4) is 0 Å². The van der Waals surface area contributed by atoms with E-state index in [-0.39, 0.29) is 10.8 Å². The van der Waals surface area contributed by atoms with Crippen LogP contribution < -0.4 is 4.90 Å². The first kappa shape index (κ1) is 34.0. The van der Waals surface area contributed by atoms with Crippen molar-refractivity contribution in [2.24, 2.45) is 0 Å². The number of anilines is 3. The van der Waals surface area contributed by atoms with Gasteiger partial charge in [-0.25, -0.2) is 0 Å². The summed E-state index contributed by atoms with van der Waals surface area (Å²) >= 11 is 0. The van der Waals surface area contributed by atoms with Gasteiger partial charge in [-0.3, -0.25) is 0 Å². The quantitative estimate of drug-likeness (QED) is 0.170. The highest BCUT2D eigenvalue weighted by Crippen LogP contribution is 2.53. The zero-order valence-electron chi connectivity index (χ0n) is 33.7. The molecule has 0 saturated heterocycles. The van der Waals surface area contributed by atoms with Crippen molar-refractivity contribution in [3.05, 3.63) is 210 Å². The van der Waals surface area contributed by atoms with E-state index in [4.69, 9.17) is 0 Å². The smallest absolute Gasteiger partial charge is 0.0562 e. The van der Waals surface area contributed by atoms with Gasteiger partial charge >= 0.3 is 0 Å². The Morgan fingerprint density at radius 3 is 1.47 bits per heavy atom. The standard InChI is InChI=1S/C56H43N3/c1-55(2)48-21-13-11-19-42(48)44-26-23-40(33-50(44)55)58(41-24-27-45-43-20-12-14-22-49(43)56(3,4)51(45)34-41)39-25-28-52-47(32-39)46-31-36-29-30-57(37-15-7-5-8-16-37)53(36)35-54(46)59(52)38-17-9-6-10-18-38/h5-35H,1-4H3. The topological polar surface area (TPSA) is 13.1 Å². The molecular formula is C56H43N3. The lowest BCUT2D eigenvalue weighted by molar-refractivity contribution is 0.660. The van der Waals surface area contributed by atoms with E-state index in [0.29, 0.717) is 0 Å². The van der Waals surface area contributed by atoms with Gasteiger partial charge in [0.2, 0.25) is 0 Å². The van der Waals surface area contributed by atoms with Crippen molar-refractivity contribution < 1.29 is 0 Å². The molecule has 0 amide bonds. The molecule has 2 aromatic heterocycles. The molecule has 0 unspecified atom stereocenters. The van der Waals surface area contributed by atoms with Gasteiger partial charge < -0.3 is 14.0 Å². The average Bonchev–Trinajstić information content (AvgIpc) is 3.96. The fourth-order valence-electron chi connectivity index (χ4n) is 10.6. The summed E-state index contributed by atoms with van der Waals surface area (Å²) < 4.78 is 4.74. The zero-order chi connectivity index (χ0) is 39.6. The highest BCUT2D eigenvalue weighted by Gasteiger charge is 2.38. The molecule has 282 valence electrons. The first-order valence-electron chi connectivity index (χ1n) is 20.8. The van der Waals surface area contributed by atoms with E-state index in [1.807, 2.05) is 0 Å². The van der Waals surface area contributed by atoms with Gasteiger partial charge in [-0.15, -0.1) is 0 Å². The van der Waals surface area contributed by atoms with Crippen molar-refractivity contribution in [3.63, 3.8) is 0 Å². The third-order valence-corrected chi connectivity index (χ3v) is 13.5. The maximum atomic E-state index is 2.49. The lowest BCUT2D eigenvalue weighted by atomic mass is 9.82. The Labute approximate surface area is 345 Å². The minimum Gasteiger partial charge on any atom is -0.316 e. The normalized spacial score (nSPS) is 14.4. The number of nitrogens with zero attached hydrogens (tertiary/aromatic N) is 3. The summed E-state index contributed by atoms with van der Waals surface area (Å²) in [7, 11) is 0. The Bertz CT molecular complexity index is 3220. The summed E-state index contributed by atoms with van der Waals surface area (Å²) in [5, 5.41) is 3.68. The van der Waals surface area contributed by atoms with E-state index in [1.54, 1.807) is 0 Å². The summed E-state index contributed by atoms with van der Waals surface area (Å²) in [6.07, 6.45) is 2.20. The highest BCUT2D eigenvalue weighted by atomic mass is 15.1. The van der Waals surface area contributed by atoms with Crippen LogP contribution in [0.2, 0.25) is 0 Å². The number of rotatable bonds is 5. The van der Waals surface area contributed by atoms with Gasteiger partial charge in [-0.05, 0) is 129 Å². The average molecular weight is 758 g/mol. The number of aromatic nitrogens is 2. The van der Waals surface area contributed by atoms with Crippen molar-refractivity contribution in [1.29, 1.82) is 0 Å². The SMILES string of the molecule is CC1(C)c2ccccc2-c2ccc(N(c3ccc4c(c3)C(C)(C)c3ccccc3-4)c3ccc4c(c3)c3cc5ccn(-c6ccccc6)c5cc3n4-c3ccccc3)cc21. The Morgan fingerprint density at radius 1 is 0.373 bits per heavy atom. The number of para-hydroxylation sites is 2. The van der Waals surface area contributed by atoms with Gasteiger partial charge in [0.1, 0.15) is 0 Å². The summed E-state index contributed by atoms with van der Waals surface area (Å²) in [6, 6.07) is 67.7. The molecule has 0 aliphatic heterocycles. The van der Waals surface area contributed by atoms with E-state index in [2.05, 4.69) is 230 Å². The van der Waals surface area contributed by atoms with Crippen LogP contribution in [0.15, 0.2) is 188 Å². The Kier molecular flexibility index (Phi) is 7.03. The summed E-state index contributed by atoms with van der Waals surface area (Å²) in [6.45, 7) is 9.49. The van der Waals surface area contributed by atoms with E-state index >= 15 is 0 Å². The van der Waals surface area contributed by atoms with Gasteiger partial charge in [-0.2, -0.15) is 0 Å². The van der Waals surface area contributed by atoms with Gasteiger partial charge in [0.15, 0.2) is 0 Å². The second-order valence-electron chi connectivity index (χ2n) is 17.5. The first-order valence-corrected chi connectivity index (χ1v) is 20.8. The van der Waals surface area contributed by atoms with E-state index in [9.17, 15) is 0 Å². The fraction of sp³-hybridized carbons (Fsp3) is 0.107. The zero-order valence-corrected chi connectivity index (χ0v) is 33.7. The van der Waals surface area contributed by atoms with E-state index in [0.717, 1.165) is 28.4 Å². The molecule has 10 aromatic rings. The second kappa shape index (κ2) is 12.2. The largest absolute Gasteiger partial charge is 0.316 e. The third kappa shape index (κ3) is 4.82. The first-order chi connectivity index (χ1) is 28.8. The van der Waals surface area contributed by atoms with Crippen molar-refractivity contribution >= 4 is 49.8 Å². The van der Waals surface area contributed by atoms with Crippen molar-refractivity contribution in [3.8, 4) is 33.6 Å². The van der Waals surface area contributed by atoms with Crippen LogP contribution in [0.1, 0.15) is 49.9 Å². The molecular weight excluding hydrogens is 715 g/mol. The number of fused-ring (bicyclic) bond motifs is 10. The molecule has 0 spiro atoms. The van der Waals surface area contributed by atoms with E-state index in [1.165, 1.54) is 77.2 Å². The Morgan fingerprint density at radius 2 is 0.864 bits per heavy atom. The van der Waals surface area contributed by atoms with Gasteiger partial charge in [-0.1, -0.05) is 125 Å². The maximum Gasteiger partial charge on any atom is 0.0562 e. The third-order valence-electron chi connectivity index (χ3n) is 13.5. The molecule has 0 fully saturated rings. The molecule has 0 saturated carbocycles. The van der Waals surface area contributed by atoms with Crippen LogP contribution in [0, 0.1) is 0 Å². The van der Waals surface area contributed by atoms with Crippen LogP contribution in [-0.2, 0) is 10.8 Å². The summed E-state index contributed by atoms with van der Waals surface area (Å²) in [5.74, 6) is 0. The van der Waals surface area contributed by atoms with Crippen LogP contribution in [0.5, 0.6) is 0 Å². The number of benzene rings is 8. The monoisotopic (exact) mass is 757 g/mol. The number of hydrogen-bond donors (Lipinski definition) is 0. The predicted molar refractivity (Wildman–Crippen MR) is 247 cm³/mol.